The Kier molecular flexibility index (Phi) is 1.53. The molecule has 15 heavy (non-hydrogen) atoms. The summed E-state index contributed by atoms with van der Waals surface area (Å²) >= 11 is 0. The number of nitrogens with zero attached hydrogens (tertiary/aromatic N) is 2. The summed E-state index contributed by atoms with van der Waals surface area (Å²) in [4.78, 5) is 10.9. The lowest BCUT2D eigenvalue weighted by Crippen LogP contribution is -2.14. The summed E-state index contributed by atoms with van der Waals surface area (Å²) in [5, 5.41) is 12.5. The molecule has 0 atom stereocenters. The standard InChI is InChI=1S/C9H11N5O/c10-7-6-5(12-9(15)13-6)4-2-1-3-11-8(4)14-7/h1-3H2,(H3,10,11,14)(H2,12,13,15). The molecule has 2 aromatic rings. The molecule has 0 unspecified atom stereocenters. The van der Waals surface area contributed by atoms with Crippen molar-refractivity contribution >= 4 is 22.7 Å². The Morgan fingerprint density at radius 1 is 1.33 bits per heavy atom. The van der Waals surface area contributed by atoms with Crippen LogP contribution < -0.4 is 11.1 Å². The third-order valence-corrected chi connectivity index (χ3v) is 2.65. The molecule has 6 nitrogen and oxygen atoms in total. The first kappa shape index (κ1) is 8.34. The number of rotatable bonds is 0. The van der Waals surface area contributed by atoms with Gasteiger partial charge in [0.05, 0.1) is 5.52 Å². The highest BCUT2D eigenvalue weighted by Gasteiger charge is 2.18. The maximum atomic E-state index is 9.31. The van der Waals surface area contributed by atoms with E-state index in [0.29, 0.717) is 11.3 Å². The fourth-order valence-corrected chi connectivity index (χ4v) is 1.99. The van der Waals surface area contributed by atoms with E-state index in [1.165, 1.54) is 0 Å². The molecule has 5 N–H and O–H groups in total. The molecule has 2 aromatic heterocycles. The van der Waals surface area contributed by atoms with Crippen molar-refractivity contribution in [2.45, 2.75) is 12.8 Å². The van der Waals surface area contributed by atoms with Gasteiger partial charge in [0, 0.05) is 12.1 Å². The Bertz CT molecular complexity index is 533. The average Bonchev–Trinajstić information content (AvgIpc) is 2.61. The normalized spacial score (nSPS) is 14.9. The maximum Gasteiger partial charge on any atom is 0.292 e. The molecule has 3 rings (SSSR count). The third-order valence-electron chi connectivity index (χ3n) is 2.65. The minimum atomic E-state index is -0.113. The van der Waals surface area contributed by atoms with Crippen LogP contribution in [-0.4, -0.2) is 26.6 Å². The Morgan fingerprint density at radius 2 is 2.20 bits per heavy atom. The highest BCUT2D eigenvalue weighted by Crippen LogP contribution is 2.31. The molecule has 0 fully saturated rings. The number of H-pyrrole nitrogens is 1. The van der Waals surface area contributed by atoms with Gasteiger partial charge in [-0.25, -0.2) is 4.98 Å². The van der Waals surface area contributed by atoms with E-state index in [-0.39, 0.29) is 6.01 Å². The predicted octanol–water partition coefficient (Wildman–Crippen LogP) is 0.604. The first-order valence-corrected chi connectivity index (χ1v) is 4.86. The van der Waals surface area contributed by atoms with Crippen molar-refractivity contribution < 1.29 is 5.11 Å². The first-order chi connectivity index (χ1) is 7.25. The van der Waals surface area contributed by atoms with Gasteiger partial charge < -0.3 is 21.1 Å². The molecule has 1 aliphatic heterocycles. The average molecular weight is 205 g/mol. The summed E-state index contributed by atoms with van der Waals surface area (Å²) in [6, 6.07) is -0.113. The van der Waals surface area contributed by atoms with Crippen LogP contribution in [0.5, 0.6) is 6.01 Å². The number of nitrogens with two attached hydrogens (primary N) is 1. The molecule has 0 aliphatic carbocycles. The van der Waals surface area contributed by atoms with Crippen molar-refractivity contribution in [1.29, 1.82) is 0 Å². The fourth-order valence-electron chi connectivity index (χ4n) is 1.99. The van der Waals surface area contributed by atoms with E-state index >= 15 is 0 Å². The quantitative estimate of drug-likeness (QED) is 0.504. The van der Waals surface area contributed by atoms with E-state index in [0.717, 1.165) is 36.3 Å². The fraction of sp³-hybridized carbons (Fsp3) is 0.333. The number of fused-ring (bicyclic) bond motifs is 3. The molecule has 0 saturated carbocycles. The topological polar surface area (TPSA) is 99.8 Å². The largest absolute Gasteiger partial charge is 0.480 e. The zero-order chi connectivity index (χ0) is 10.4. The lowest BCUT2D eigenvalue weighted by Gasteiger charge is -2.17. The van der Waals surface area contributed by atoms with Crippen LogP contribution in [0.1, 0.15) is 12.0 Å². The van der Waals surface area contributed by atoms with E-state index in [2.05, 4.69) is 20.3 Å². The van der Waals surface area contributed by atoms with Crippen molar-refractivity contribution in [3.63, 3.8) is 0 Å². The second-order valence-electron chi connectivity index (χ2n) is 3.64. The van der Waals surface area contributed by atoms with E-state index < -0.39 is 0 Å². The number of aryl methyl sites for hydroxylation is 1. The van der Waals surface area contributed by atoms with Crippen molar-refractivity contribution in [3.05, 3.63) is 5.56 Å². The van der Waals surface area contributed by atoms with Crippen LogP contribution in [0.3, 0.4) is 0 Å². The number of aromatic nitrogens is 3. The highest BCUT2D eigenvalue weighted by atomic mass is 16.3. The monoisotopic (exact) mass is 205 g/mol. The molecule has 0 radical (unpaired) electrons. The van der Waals surface area contributed by atoms with Crippen LogP contribution in [0.25, 0.3) is 11.0 Å². The zero-order valence-electron chi connectivity index (χ0n) is 8.04. The molecule has 0 bridgehead atoms. The van der Waals surface area contributed by atoms with E-state index in [9.17, 15) is 5.11 Å². The van der Waals surface area contributed by atoms with Gasteiger partial charge in [-0.1, -0.05) is 0 Å². The molecule has 78 valence electrons. The first-order valence-electron chi connectivity index (χ1n) is 4.86. The molecule has 0 spiro atoms. The minimum absolute atomic E-state index is 0.113. The smallest absolute Gasteiger partial charge is 0.292 e. The van der Waals surface area contributed by atoms with E-state index in [1.807, 2.05) is 0 Å². The Morgan fingerprint density at radius 3 is 3.07 bits per heavy atom. The number of hydrogen-bond acceptors (Lipinski definition) is 5. The SMILES string of the molecule is Nc1nc2c(c3[nH]c(O)nc13)CCCN2. The van der Waals surface area contributed by atoms with E-state index in [4.69, 9.17) is 5.73 Å². The Balaban J connectivity index is 2.38. The maximum absolute atomic E-state index is 9.31. The second-order valence-corrected chi connectivity index (χ2v) is 3.64. The summed E-state index contributed by atoms with van der Waals surface area (Å²) in [6.07, 6.45) is 1.97. The van der Waals surface area contributed by atoms with Crippen LogP contribution in [0.4, 0.5) is 11.6 Å². The highest BCUT2D eigenvalue weighted by molar-refractivity contribution is 5.91. The van der Waals surface area contributed by atoms with Gasteiger partial charge in [-0.3, -0.25) is 0 Å². The molecular weight excluding hydrogens is 194 g/mol. The van der Waals surface area contributed by atoms with Crippen LogP contribution in [-0.2, 0) is 6.42 Å². The number of pyridine rings is 1. The molecule has 6 heteroatoms. The number of anilines is 2. The van der Waals surface area contributed by atoms with Gasteiger partial charge in [0.1, 0.15) is 11.3 Å². The van der Waals surface area contributed by atoms with Crippen LogP contribution >= 0.6 is 0 Å². The van der Waals surface area contributed by atoms with Crippen molar-refractivity contribution in [1.82, 2.24) is 15.0 Å². The van der Waals surface area contributed by atoms with Gasteiger partial charge in [0.25, 0.3) is 6.01 Å². The number of nitrogens with one attached hydrogen (secondary N) is 2. The predicted molar refractivity (Wildman–Crippen MR) is 56.8 cm³/mol. The number of imidazole rings is 1. The minimum Gasteiger partial charge on any atom is -0.480 e. The Labute approximate surface area is 85.5 Å². The molecule has 0 aromatic carbocycles. The number of aromatic hydroxyl groups is 1. The van der Waals surface area contributed by atoms with Gasteiger partial charge in [0.15, 0.2) is 5.82 Å². The molecule has 0 saturated heterocycles. The summed E-state index contributed by atoms with van der Waals surface area (Å²) < 4.78 is 0. The lowest BCUT2D eigenvalue weighted by molar-refractivity contribution is 0.438. The summed E-state index contributed by atoms with van der Waals surface area (Å²) in [5.41, 5.74) is 8.15. The van der Waals surface area contributed by atoms with Crippen molar-refractivity contribution in [2.24, 2.45) is 0 Å². The number of hydrogen-bond donors (Lipinski definition) is 4. The molecule has 1 aliphatic rings. The van der Waals surface area contributed by atoms with Gasteiger partial charge in [-0.2, -0.15) is 4.98 Å². The third kappa shape index (κ3) is 1.11. The van der Waals surface area contributed by atoms with Gasteiger partial charge >= 0.3 is 0 Å². The summed E-state index contributed by atoms with van der Waals surface area (Å²) in [7, 11) is 0. The summed E-state index contributed by atoms with van der Waals surface area (Å²) in [6.45, 7) is 0.908. The van der Waals surface area contributed by atoms with Crippen LogP contribution in [0, 0.1) is 0 Å². The van der Waals surface area contributed by atoms with Gasteiger partial charge in [0.2, 0.25) is 0 Å². The van der Waals surface area contributed by atoms with Crippen LogP contribution in [0.15, 0.2) is 0 Å². The summed E-state index contributed by atoms with van der Waals surface area (Å²) in [5.74, 6) is 1.14. The van der Waals surface area contributed by atoms with E-state index in [1.54, 1.807) is 0 Å². The molecule has 3 heterocycles. The number of nitrogen functional groups attached to an aromatic ring is 1. The molecular formula is C9H11N5O. The molecule has 0 amide bonds. The van der Waals surface area contributed by atoms with Gasteiger partial charge in [-0.15, -0.1) is 0 Å². The van der Waals surface area contributed by atoms with Gasteiger partial charge in [-0.05, 0) is 12.8 Å². The zero-order valence-corrected chi connectivity index (χ0v) is 8.04. The van der Waals surface area contributed by atoms with Crippen LogP contribution in [0.2, 0.25) is 0 Å². The Hall–Kier alpha value is -1.98. The van der Waals surface area contributed by atoms with Crippen molar-refractivity contribution in [2.75, 3.05) is 17.6 Å². The van der Waals surface area contributed by atoms with Crippen molar-refractivity contribution in [3.8, 4) is 6.01 Å². The second kappa shape index (κ2) is 2.75. The lowest BCUT2D eigenvalue weighted by atomic mass is 10.1. The number of aromatic amines is 1.